The monoisotopic (exact) mass is 404 g/mol. The van der Waals surface area contributed by atoms with Crippen molar-refractivity contribution in [2.45, 2.75) is 23.5 Å². The Bertz CT molecular complexity index is 914. The maximum absolute atomic E-state index is 14.1. The highest BCUT2D eigenvalue weighted by atomic mass is 16.5. The molecular formula is C21H20N6O3. The van der Waals surface area contributed by atoms with Crippen molar-refractivity contribution in [1.29, 1.82) is 0 Å². The summed E-state index contributed by atoms with van der Waals surface area (Å²) < 4.78 is 11.4. The number of rotatable bonds is 8. The van der Waals surface area contributed by atoms with E-state index in [0.717, 1.165) is 0 Å². The molecule has 0 saturated carbocycles. The van der Waals surface area contributed by atoms with E-state index in [1.165, 1.54) is 26.9 Å². The van der Waals surface area contributed by atoms with Crippen molar-refractivity contribution in [3.63, 3.8) is 0 Å². The molecule has 0 amide bonds. The molecular weight excluding hydrogens is 384 g/mol. The first-order chi connectivity index (χ1) is 14.7. The summed E-state index contributed by atoms with van der Waals surface area (Å²) in [7, 11) is 2.99. The van der Waals surface area contributed by atoms with Crippen LogP contribution >= 0.6 is 0 Å². The second kappa shape index (κ2) is 8.13. The van der Waals surface area contributed by atoms with Gasteiger partial charge in [-0.3, -0.25) is 4.79 Å². The smallest absolute Gasteiger partial charge is 0.265 e. The molecule has 2 aromatic carbocycles. The topological polar surface area (TPSA) is 110 Å². The van der Waals surface area contributed by atoms with E-state index in [9.17, 15) is 4.79 Å². The zero-order valence-corrected chi connectivity index (χ0v) is 16.5. The Kier molecular flexibility index (Phi) is 5.39. The zero-order chi connectivity index (χ0) is 21.0. The minimum Gasteiger partial charge on any atom is -0.372 e. The molecule has 0 saturated heterocycles. The van der Waals surface area contributed by atoms with Gasteiger partial charge in [0.2, 0.25) is 5.78 Å². The van der Waals surface area contributed by atoms with Crippen LogP contribution in [-0.4, -0.2) is 44.0 Å². The lowest BCUT2D eigenvalue weighted by Crippen LogP contribution is -2.54. The van der Waals surface area contributed by atoms with E-state index >= 15 is 0 Å². The van der Waals surface area contributed by atoms with Crippen LogP contribution in [0.15, 0.2) is 91.1 Å². The molecule has 2 aliphatic rings. The molecule has 4 unspecified atom stereocenters. The van der Waals surface area contributed by atoms with Gasteiger partial charge in [0.05, 0.1) is 0 Å². The van der Waals surface area contributed by atoms with E-state index in [-0.39, 0.29) is 0 Å². The van der Waals surface area contributed by atoms with Crippen molar-refractivity contribution in [2.75, 3.05) is 14.2 Å². The lowest BCUT2D eigenvalue weighted by molar-refractivity contribution is -0.140. The van der Waals surface area contributed by atoms with Gasteiger partial charge in [0, 0.05) is 14.2 Å². The number of benzene rings is 2. The number of Topliss-reactive ketones (excluding diaryl/α,β-unsaturated/α-hetero) is 1. The van der Waals surface area contributed by atoms with Gasteiger partial charge in [0.25, 0.3) is 11.3 Å². The molecule has 0 aliphatic carbocycles. The van der Waals surface area contributed by atoms with E-state index in [4.69, 9.17) is 9.47 Å². The molecule has 0 bridgehead atoms. The van der Waals surface area contributed by atoms with Gasteiger partial charge in [-0.1, -0.05) is 60.7 Å². The van der Waals surface area contributed by atoms with Crippen LogP contribution in [0.1, 0.15) is 23.3 Å². The number of carbonyl (C=O) groups excluding carboxylic acids is 1. The van der Waals surface area contributed by atoms with Crippen LogP contribution in [0, 0.1) is 0 Å². The maximum atomic E-state index is 14.1. The highest BCUT2D eigenvalue weighted by Crippen LogP contribution is 2.46. The molecule has 152 valence electrons. The second-order valence-electron chi connectivity index (χ2n) is 6.75. The summed E-state index contributed by atoms with van der Waals surface area (Å²) in [6.45, 7) is 0. The van der Waals surface area contributed by atoms with E-state index < -0.39 is 29.3 Å². The first-order valence-corrected chi connectivity index (χ1v) is 9.30. The van der Waals surface area contributed by atoms with Gasteiger partial charge in [-0.25, -0.2) is 9.98 Å². The van der Waals surface area contributed by atoms with Gasteiger partial charge in [-0.2, -0.15) is 0 Å². The Morgan fingerprint density at radius 1 is 0.733 bits per heavy atom. The molecule has 2 aliphatic heterocycles. The van der Waals surface area contributed by atoms with Crippen molar-refractivity contribution >= 4 is 18.5 Å². The van der Waals surface area contributed by atoms with Crippen molar-refractivity contribution < 1.29 is 14.3 Å². The average Bonchev–Trinajstić information content (AvgIpc) is 3.48. The minimum atomic E-state index is -1.72. The highest BCUT2D eigenvalue weighted by Gasteiger charge is 2.62. The Morgan fingerprint density at radius 2 is 1.13 bits per heavy atom. The highest BCUT2D eigenvalue weighted by molar-refractivity contribution is 6.00. The van der Waals surface area contributed by atoms with Crippen molar-refractivity contribution in [1.82, 2.24) is 0 Å². The molecule has 9 heteroatoms. The van der Waals surface area contributed by atoms with Crippen LogP contribution < -0.4 is 0 Å². The molecule has 2 heterocycles. The first-order valence-electron chi connectivity index (χ1n) is 9.30. The lowest BCUT2D eigenvalue weighted by atomic mass is 9.82. The van der Waals surface area contributed by atoms with Gasteiger partial charge >= 0.3 is 0 Å². The molecule has 4 rings (SSSR count). The predicted octanol–water partition coefficient (Wildman–Crippen LogP) is 3.71. The van der Waals surface area contributed by atoms with E-state index in [1.54, 1.807) is 0 Å². The fraction of sp³-hybridized carbons (Fsp3) is 0.286. The van der Waals surface area contributed by atoms with Gasteiger partial charge < -0.3 is 9.47 Å². The van der Waals surface area contributed by atoms with Crippen LogP contribution in [0.3, 0.4) is 0 Å². The third-order valence-corrected chi connectivity index (χ3v) is 5.11. The van der Waals surface area contributed by atoms with Crippen LogP contribution in [-0.2, 0) is 14.3 Å². The third-order valence-electron chi connectivity index (χ3n) is 5.11. The van der Waals surface area contributed by atoms with Crippen LogP contribution in [0.5, 0.6) is 0 Å². The number of azo groups is 2. The standard InChI is InChI=1S/C21H20N6O3/c1-29-17(15-9-5-3-6-10-15)20(22-13-24-26-20)19(28)21(23-14-25-27-21)18(30-2)16-11-7-4-8-12-16/h3-14,17-18H,1-2H3. The Hall–Kier alpha value is -3.43. The molecule has 0 aromatic heterocycles. The number of aliphatic imine (C=N–C) groups is 2. The minimum absolute atomic E-state index is 0.545. The molecule has 4 atom stereocenters. The number of ether oxygens (including phenoxy) is 2. The summed E-state index contributed by atoms with van der Waals surface area (Å²) in [6, 6.07) is 18.5. The molecule has 9 nitrogen and oxygen atoms in total. The van der Waals surface area contributed by atoms with E-state index in [2.05, 4.69) is 30.4 Å². The van der Waals surface area contributed by atoms with E-state index in [1.807, 2.05) is 60.7 Å². The molecule has 0 fully saturated rings. The van der Waals surface area contributed by atoms with Crippen molar-refractivity contribution in [2.24, 2.45) is 30.4 Å². The summed E-state index contributed by atoms with van der Waals surface area (Å²) in [5.74, 6) is -0.545. The number of hydrogen-bond acceptors (Lipinski definition) is 9. The van der Waals surface area contributed by atoms with Crippen LogP contribution in [0.4, 0.5) is 0 Å². The number of nitrogens with zero attached hydrogens (tertiary/aromatic N) is 6. The summed E-state index contributed by atoms with van der Waals surface area (Å²) >= 11 is 0. The number of methoxy groups -OCH3 is 2. The summed E-state index contributed by atoms with van der Waals surface area (Å²) in [6.07, 6.45) is 0.788. The fourth-order valence-electron chi connectivity index (χ4n) is 3.79. The van der Waals surface area contributed by atoms with Gasteiger partial charge in [0.1, 0.15) is 24.9 Å². The Balaban J connectivity index is 1.85. The fourth-order valence-corrected chi connectivity index (χ4v) is 3.79. The van der Waals surface area contributed by atoms with Gasteiger partial charge in [-0.15, -0.1) is 20.5 Å². The van der Waals surface area contributed by atoms with Crippen LogP contribution in [0.25, 0.3) is 0 Å². The average molecular weight is 404 g/mol. The molecule has 30 heavy (non-hydrogen) atoms. The van der Waals surface area contributed by atoms with E-state index in [0.29, 0.717) is 11.1 Å². The maximum Gasteiger partial charge on any atom is 0.265 e. The van der Waals surface area contributed by atoms with Crippen LogP contribution in [0.2, 0.25) is 0 Å². The molecule has 0 spiro atoms. The third kappa shape index (κ3) is 3.08. The number of hydrogen-bond donors (Lipinski definition) is 0. The zero-order valence-electron chi connectivity index (χ0n) is 16.5. The van der Waals surface area contributed by atoms with Crippen molar-refractivity contribution in [3.8, 4) is 0 Å². The number of carbonyl (C=O) groups is 1. The molecule has 2 aromatic rings. The Labute approximate surface area is 173 Å². The lowest BCUT2D eigenvalue weighted by Gasteiger charge is -2.36. The molecule has 0 radical (unpaired) electrons. The largest absolute Gasteiger partial charge is 0.372 e. The van der Waals surface area contributed by atoms with Gasteiger partial charge in [0.15, 0.2) is 0 Å². The summed E-state index contributed by atoms with van der Waals surface area (Å²) in [5.41, 5.74) is -2.01. The quantitative estimate of drug-likeness (QED) is 0.669. The SMILES string of the molecule is COC(c1ccccc1)C1(C(=O)C2(C(OC)c3ccccc3)N=CN=N2)N=CN=N1. The normalized spacial score (nSPS) is 26.2. The van der Waals surface area contributed by atoms with Gasteiger partial charge in [-0.05, 0) is 11.1 Å². The number of ketones is 1. The molecule has 0 N–H and O–H groups in total. The second-order valence-corrected chi connectivity index (χ2v) is 6.75. The Morgan fingerprint density at radius 3 is 1.43 bits per heavy atom. The summed E-state index contributed by atoms with van der Waals surface area (Å²) in [4.78, 5) is 22.8. The summed E-state index contributed by atoms with van der Waals surface area (Å²) in [5, 5.41) is 16.2. The predicted molar refractivity (Wildman–Crippen MR) is 110 cm³/mol. The first kappa shape index (κ1) is 19.9. The van der Waals surface area contributed by atoms with Crippen molar-refractivity contribution in [3.05, 3.63) is 71.8 Å².